The normalized spacial score (nSPS) is 17.7. The van der Waals surface area contributed by atoms with Crippen molar-refractivity contribution in [3.05, 3.63) is 29.6 Å². The lowest BCUT2D eigenvalue weighted by Gasteiger charge is -2.23. The maximum atomic E-state index is 13.8. The Hall–Kier alpha value is -1.78. The van der Waals surface area contributed by atoms with Gasteiger partial charge >= 0.3 is 0 Å². The number of amidine groups is 1. The summed E-state index contributed by atoms with van der Waals surface area (Å²) in [5, 5.41) is 11.4. The number of halogens is 1. The molecule has 2 rings (SSSR count). The monoisotopic (exact) mass is 252 g/mol. The van der Waals surface area contributed by atoms with E-state index in [1.54, 1.807) is 6.07 Å². The molecule has 3 N–H and O–H groups in total. The van der Waals surface area contributed by atoms with Gasteiger partial charge in [0.1, 0.15) is 0 Å². The molecule has 0 aliphatic heterocycles. The minimum atomic E-state index is -0.482. The Kier molecular flexibility index (Phi) is 4.02. The van der Waals surface area contributed by atoms with Crippen LogP contribution in [0.5, 0.6) is 5.75 Å². The summed E-state index contributed by atoms with van der Waals surface area (Å²) in [5.74, 6) is -0.362. The third-order valence-electron chi connectivity index (χ3n) is 3.18. The van der Waals surface area contributed by atoms with Crippen molar-refractivity contribution in [1.29, 1.82) is 0 Å². The molecule has 1 aliphatic rings. The van der Waals surface area contributed by atoms with Crippen LogP contribution in [-0.2, 0) is 0 Å². The lowest BCUT2D eigenvalue weighted by atomic mass is 9.98. The van der Waals surface area contributed by atoms with Crippen molar-refractivity contribution in [3.8, 4) is 5.75 Å². The summed E-state index contributed by atoms with van der Waals surface area (Å²) in [6.07, 6.45) is 5.54. The largest absolute Gasteiger partial charge is 0.487 e. The number of hydrogen-bond donors (Lipinski definition) is 2. The Bertz CT molecular complexity index is 443. The van der Waals surface area contributed by atoms with Crippen molar-refractivity contribution in [1.82, 2.24) is 0 Å². The van der Waals surface area contributed by atoms with Crippen molar-refractivity contribution in [3.63, 3.8) is 0 Å². The second kappa shape index (κ2) is 5.71. The van der Waals surface area contributed by atoms with Crippen molar-refractivity contribution >= 4 is 5.84 Å². The van der Waals surface area contributed by atoms with Crippen LogP contribution >= 0.6 is 0 Å². The highest BCUT2D eigenvalue weighted by Gasteiger charge is 2.17. The lowest BCUT2D eigenvalue weighted by Crippen LogP contribution is -2.20. The molecule has 0 saturated heterocycles. The van der Waals surface area contributed by atoms with Crippen LogP contribution < -0.4 is 10.5 Å². The zero-order valence-electron chi connectivity index (χ0n) is 10.1. The van der Waals surface area contributed by atoms with E-state index >= 15 is 0 Å². The average molecular weight is 252 g/mol. The molecular weight excluding hydrogens is 235 g/mol. The number of ether oxygens (including phenoxy) is 1. The van der Waals surface area contributed by atoms with Gasteiger partial charge in [0.15, 0.2) is 17.4 Å². The number of benzene rings is 1. The van der Waals surface area contributed by atoms with Gasteiger partial charge in [-0.25, -0.2) is 4.39 Å². The molecule has 4 nitrogen and oxygen atoms in total. The third kappa shape index (κ3) is 2.91. The SMILES string of the molecule is N/C(=N\O)c1ccc(OC2CCCCC2)c(F)c1. The summed E-state index contributed by atoms with van der Waals surface area (Å²) in [4.78, 5) is 0. The third-order valence-corrected chi connectivity index (χ3v) is 3.18. The first kappa shape index (κ1) is 12.7. The number of oxime groups is 1. The predicted octanol–water partition coefficient (Wildman–Crippen LogP) is 2.63. The van der Waals surface area contributed by atoms with Gasteiger partial charge in [0.05, 0.1) is 6.10 Å². The van der Waals surface area contributed by atoms with Crippen LogP contribution in [-0.4, -0.2) is 17.1 Å². The van der Waals surface area contributed by atoms with E-state index < -0.39 is 5.82 Å². The van der Waals surface area contributed by atoms with Gasteiger partial charge < -0.3 is 15.7 Å². The molecule has 0 amide bonds. The summed E-state index contributed by atoms with van der Waals surface area (Å²) in [5.41, 5.74) is 5.73. The van der Waals surface area contributed by atoms with Gasteiger partial charge in [0.25, 0.3) is 0 Å². The molecule has 0 aromatic heterocycles. The van der Waals surface area contributed by atoms with Gasteiger partial charge in [-0.15, -0.1) is 0 Å². The molecule has 0 atom stereocenters. The van der Waals surface area contributed by atoms with Gasteiger partial charge in [0.2, 0.25) is 0 Å². The zero-order valence-corrected chi connectivity index (χ0v) is 10.1. The zero-order chi connectivity index (χ0) is 13.0. The Labute approximate surface area is 105 Å². The maximum Gasteiger partial charge on any atom is 0.170 e. The summed E-state index contributed by atoms with van der Waals surface area (Å²) < 4.78 is 19.4. The Morgan fingerprint density at radius 3 is 2.67 bits per heavy atom. The number of nitrogens with zero attached hydrogens (tertiary/aromatic N) is 1. The van der Waals surface area contributed by atoms with Gasteiger partial charge in [-0.1, -0.05) is 11.6 Å². The Morgan fingerprint density at radius 1 is 1.33 bits per heavy atom. The first-order valence-corrected chi connectivity index (χ1v) is 6.15. The molecule has 0 radical (unpaired) electrons. The van der Waals surface area contributed by atoms with Crippen molar-refractivity contribution in [2.24, 2.45) is 10.9 Å². The van der Waals surface area contributed by atoms with Crippen LogP contribution in [0.25, 0.3) is 0 Å². The minimum Gasteiger partial charge on any atom is -0.487 e. The first-order chi connectivity index (χ1) is 8.70. The van der Waals surface area contributed by atoms with Gasteiger partial charge in [-0.3, -0.25) is 0 Å². The molecule has 1 saturated carbocycles. The summed E-state index contributed by atoms with van der Waals surface area (Å²) in [6.45, 7) is 0. The van der Waals surface area contributed by atoms with Crippen LogP contribution in [0, 0.1) is 5.82 Å². The molecule has 1 aliphatic carbocycles. The molecule has 98 valence electrons. The highest BCUT2D eigenvalue weighted by molar-refractivity contribution is 5.97. The number of nitrogens with two attached hydrogens (primary N) is 1. The quantitative estimate of drug-likeness (QED) is 0.376. The van der Waals surface area contributed by atoms with E-state index in [4.69, 9.17) is 15.7 Å². The van der Waals surface area contributed by atoms with Crippen LogP contribution in [0.3, 0.4) is 0 Å². The molecule has 0 bridgehead atoms. The second-order valence-corrected chi connectivity index (χ2v) is 4.51. The van der Waals surface area contributed by atoms with Crippen LogP contribution in [0.15, 0.2) is 23.4 Å². The highest BCUT2D eigenvalue weighted by atomic mass is 19.1. The fourth-order valence-corrected chi connectivity index (χ4v) is 2.18. The Morgan fingerprint density at radius 2 is 2.06 bits per heavy atom. The average Bonchev–Trinajstić information content (AvgIpc) is 2.41. The van der Waals surface area contributed by atoms with E-state index in [0.717, 1.165) is 25.7 Å². The predicted molar refractivity (Wildman–Crippen MR) is 66.4 cm³/mol. The molecule has 0 unspecified atom stereocenters. The fourth-order valence-electron chi connectivity index (χ4n) is 2.18. The molecule has 0 heterocycles. The van der Waals surface area contributed by atoms with Gasteiger partial charge in [-0.2, -0.15) is 0 Å². The van der Waals surface area contributed by atoms with E-state index in [1.807, 2.05) is 0 Å². The fraction of sp³-hybridized carbons (Fsp3) is 0.462. The molecule has 18 heavy (non-hydrogen) atoms. The summed E-state index contributed by atoms with van der Waals surface area (Å²) in [6, 6.07) is 4.32. The van der Waals surface area contributed by atoms with Crippen molar-refractivity contribution < 1.29 is 14.3 Å². The van der Waals surface area contributed by atoms with Gasteiger partial charge in [0, 0.05) is 5.56 Å². The standard InChI is InChI=1S/C13H17FN2O2/c14-11-8-9(13(15)16-17)6-7-12(11)18-10-4-2-1-3-5-10/h6-8,10,17H,1-5H2,(H2,15,16). The summed E-state index contributed by atoms with van der Waals surface area (Å²) in [7, 11) is 0. The van der Waals surface area contributed by atoms with E-state index in [2.05, 4.69) is 5.16 Å². The molecule has 5 heteroatoms. The van der Waals surface area contributed by atoms with E-state index in [9.17, 15) is 4.39 Å². The van der Waals surface area contributed by atoms with Gasteiger partial charge in [-0.05, 0) is 43.9 Å². The molecular formula is C13H17FN2O2. The second-order valence-electron chi connectivity index (χ2n) is 4.51. The van der Waals surface area contributed by atoms with Crippen LogP contribution in [0.4, 0.5) is 4.39 Å². The molecule has 1 aromatic carbocycles. The van der Waals surface area contributed by atoms with Crippen LogP contribution in [0.2, 0.25) is 0 Å². The number of hydrogen-bond acceptors (Lipinski definition) is 3. The molecule has 1 fully saturated rings. The lowest BCUT2D eigenvalue weighted by molar-refractivity contribution is 0.148. The molecule has 0 spiro atoms. The van der Waals surface area contributed by atoms with E-state index in [-0.39, 0.29) is 17.7 Å². The summed E-state index contributed by atoms with van der Waals surface area (Å²) >= 11 is 0. The van der Waals surface area contributed by atoms with Crippen molar-refractivity contribution in [2.75, 3.05) is 0 Å². The highest BCUT2D eigenvalue weighted by Crippen LogP contribution is 2.25. The Balaban J connectivity index is 2.09. The van der Waals surface area contributed by atoms with E-state index in [0.29, 0.717) is 5.56 Å². The maximum absolute atomic E-state index is 13.8. The molecule has 1 aromatic rings. The first-order valence-electron chi connectivity index (χ1n) is 6.15. The van der Waals surface area contributed by atoms with E-state index in [1.165, 1.54) is 18.6 Å². The smallest absolute Gasteiger partial charge is 0.170 e. The van der Waals surface area contributed by atoms with Crippen molar-refractivity contribution in [2.45, 2.75) is 38.2 Å². The topological polar surface area (TPSA) is 67.8 Å². The number of rotatable bonds is 3. The van der Waals surface area contributed by atoms with Crippen LogP contribution in [0.1, 0.15) is 37.7 Å². The minimum absolute atomic E-state index is 0.1000.